The minimum atomic E-state index is 0.506. The molecule has 1 aromatic rings. The Morgan fingerprint density at radius 2 is 2.00 bits per heavy atom. The molecule has 2 aliphatic carbocycles. The van der Waals surface area contributed by atoms with Crippen molar-refractivity contribution >= 4 is 6.08 Å². The highest BCUT2D eigenvalue weighted by molar-refractivity contribution is 5.62. The van der Waals surface area contributed by atoms with Crippen LogP contribution in [0.1, 0.15) is 68.6 Å². The number of methoxy groups -OCH3 is 1. The lowest BCUT2D eigenvalue weighted by atomic mass is 9.66. The molecule has 20 heavy (non-hydrogen) atoms. The Labute approximate surface area is 123 Å². The zero-order chi connectivity index (χ0) is 14.3. The van der Waals surface area contributed by atoms with E-state index in [4.69, 9.17) is 4.74 Å². The van der Waals surface area contributed by atoms with Crippen molar-refractivity contribution in [1.29, 1.82) is 0 Å². The monoisotopic (exact) mass is 270 g/mol. The third-order valence-corrected chi connectivity index (χ3v) is 5.25. The summed E-state index contributed by atoms with van der Waals surface area (Å²) < 4.78 is 5.66. The quantitative estimate of drug-likeness (QED) is 0.702. The van der Waals surface area contributed by atoms with Gasteiger partial charge in [-0.2, -0.15) is 0 Å². The van der Waals surface area contributed by atoms with Crippen molar-refractivity contribution in [3.05, 3.63) is 34.9 Å². The van der Waals surface area contributed by atoms with Gasteiger partial charge in [0.1, 0.15) is 5.75 Å². The molecule has 0 spiro atoms. The molecule has 108 valence electrons. The fraction of sp³-hybridized carbons (Fsp3) is 0.579. The maximum atomic E-state index is 5.66. The van der Waals surface area contributed by atoms with Gasteiger partial charge in [-0.3, -0.25) is 0 Å². The van der Waals surface area contributed by atoms with Crippen LogP contribution in [0.15, 0.2) is 18.2 Å². The molecule has 0 saturated heterocycles. The molecule has 2 aliphatic rings. The molecule has 0 aliphatic heterocycles. The van der Waals surface area contributed by atoms with E-state index in [0.29, 0.717) is 11.8 Å². The minimum absolute atomic E-state index is 0.506. The number of hydrogen-bond donors (Lipinski definition) is 0. The molecule has 0 aromatic heterocycles. The van der Waals surface area contributed by atoms with Crippen molar-refractivity contribution in [2.45, 2.75) is 51.9 Å². The van der Waals surface area contributed by atoms with E-state index in [-0.39, 0.29) is 0 Å². The van der Waals surface area contributed by atoms with Crippen LogP contribution in [0, 0.1) is 11.8 Å². The average molecular weight is 270 g/mol. The van der Waals surface area contributed by atoms with E-state index in [0.717, 1.165) is 17.6 Å². The Morgan fingerprint density at radius 3 is 2.70 bits per heavy atom. The molecule has 0 heterocycles. The van der Waals surface area contributed by atoms with Crippen LogP contribution in [0.4, 0.5) is 0 Å². The number of fused-ring (bicyclic) bond motifs is 3. The minimum Gasteiger partial charge on any atom is -0.496 e. The van der Waals surface area contributed by atoms with Gasteiger partial charge in [0.05, 0.1) is 7.11 Å². The standard InChI is InChI=1S/C19H26O/c1-12(2)17-10-14-8-9-15-13(3)6-5-7-16(15)18(14)11-19(17)20-4/h8-13,15-16H,5-7H2,1-4H3/t13-,15?,16?/m1/s1. The maximum absolute atomic E-state index is 5.66. The zero-order valence-corrected chi connectivity index (χ0v) is 13.1. The number of rotatable bonds is 2. The molecule has 1 aromatic carbocycles. The molecule has 1 heteroatoms. The van der Waals surface area contributed by atoms with Crippen LogP contribution < -0.4 is 4.74 Å². The second-order valence-corrected chi connectivity index (χ2v) is 6.83. The van der Waals surface area contributed by atoms with Crippen molar-refractivity contribution in [2.75, 3.05) is 7.11 Å². The lowest BCUT2D eigenvalue weighted by Gasteiger charge is -2.38. The smallest absolute Gasteiger partial charge is 0.122 e. The highest BCUT2D eigenvalue weighted by Gasteiger charge is 2.33. The van der Waals surface area contributed by atoms with Crippen molar-refractivity contribution in [3.63, 3.8) is 0 Å². The number of ether oxygens (including phenoxy) is 1. The molecule has 1 nitrogen and oxygen atoms in total. The van der Waals surface area contributed by atoms with E-state index in [1.54, 1.807) is 7.11 Å². The van der Waals surface area contributed by atoms with Crippen LogP contribution in [-0.4, -0.2) is 7.11 Å². The van der Waals surface area contributed by atoms with E-state index >= 15 is 0 Å². The first kappa shape index (κ1) is 13.7. The lowest BCUT2D eigenvalue weighted by Crippen LogP contribution is -2.26. The molecule has 1 fully saturated rings. The Hall–Kier alpha value is -1.24. The Kier molecular flexibility index (Phi) is 3.62. The average Bonchev–Trinajstić information content (AvgIpc) is 2.45. The molecule has 1 saturated carbocycles. The number of hydrogen-bond acceptors (Lipinski definition) is 1. The van der Waals surface area contributed by atoms with Gasteiger partial charge in [0, 0.05) is 0 Å². The first-order valence-corrected chi connectivity index (χ1v) is 8.01. The summed E-state index contributed by atoms with van der Waals surface area (Å²) in [7, 11) is 1.80. The van der Waals surface area contributed by atoms with Gasteiger partial charge < -0.3 is 4.74 Å². The lowest BCUT2D eigenvalue weighted by molar-refractivity contribution is 0.264. The van der Waals surface area contributed by atoms with Gasteiger partial charge in [0.15, 0.2) is 0 Å². The third kappa shape index (κ3) is 2.17. The molecule has 3 atom stereocenters. The molecule has 0 radical (unpaired) electrons. The highest BCUT2D eigenvalue weighted by Crippen LogP contribution is 2.47. The second-order valence-electron chi connectivity index (χ2n) is 6.83. The first-order chi connectivity index (χ1) is 9.61. The second kappa shape index (κ2) is 5.27. The van der Waals surface area contributed by atoms with E-state index < -0.39 is 0 Å². The van der Waals surface area contributed by atoms with Crippen molar-refractivity contribution < 1.29 is 4.74 Å². The Bertz CT molecular complexity index is 527. The summed E-state index contributed by atoms with van der Waals surface area (Å²) >= 11 is 0. The predicted octanol–water partition coefficient (Wildman–Crippen LogP) is 5.37. The maximum Gasteiger partial charge on any atom is 0.122 e. The summed E-state index contributed by atoms with van der Waals surface area (Å²) in [4.78, 5) is 0. The van der Waals surface area contributed by atoms with Gasteiger partial charge in [-0.15, -0.1) is 0 Å². The van der Waals surface area contributed by atoms with Gasteiger partial charge in [-0.1, -0.05) is 45.8 Å². The molecule has 3 rings (SSSR count). The van der Waals surface area contributed by atoms with E-state index in [2.05, 4.69) is 45.1 Å². The van der Waals surface area contributed by atoms with Crippen molar-refractivity contribution in [2.24, 2.45) is 11.8 Å². The molecule has 0 N–H and O–H groups in total. The van der Waals surface area contributed by atoms with Crippen LogP contribution in [0.2, 0.25) is 0 Å². The Morgan fingerprint density at radius 1 is 1.20 bits per heavy atom. The normalized spacial score (nSPS) is 28.1. The van der Waals surface area contributed by atoms with Gasteiger partial charge >= 0.3 is 0 Å². The molecule has 2 unspecified atom stereocenters. The van der Waals surface area contributed by atoms with E-state index in [9.17, 15) is 0 Å². The van der Waals surface area contributed by atoms with Crippen LogP contribution >= 0.6 is 0 Å². The topological polar surface area (TPSA) is 9.23 Å². The summed E-state index contributed by atoms with van der Waals surface area (Å²) in [6.07, 6.45) is 8.89. The van der Waals surface area contributed by atoms with E-state index in [1.165, 1.54) is 36.0 Å². The van der Waals surface area contributed by atoms with Crippen LogP contribution in [0.3, 0.4) is 0 Å². The van der Waals surface area contributed by atoms with Gasteiger partial charge in [0.25, 0.3) is 0 Å². The van der Waals surface area contributed by atoms with Crippen LogP contribution in [-0.2, 0) is 0 Å². The summed E-state index contributed by atoms with van der Waals surface area (Å²) in [6, 6.07) is 4.68. The fourth-order valence-electron chi connectivity index (χ4n) is 4.07. The highest BCUT2D eigenvalue weighted by atomic mass is 16.5. The molecule has 0 bridgehead atoms. The largest absolute Gasteiger partial charge is 0.496 e. The Balaban J connectivity index is 2.07. The summed E-state index contributed by atoms with van der Waals surface area (Å²) in [5.74, 6) is 3.83. The number of benzene rings is 1. The summed E-state index contributed by atoms with van der Waals surface area (Å²) in [5, 5.41) is 0. The van der Waals surface area contributed by atoms with Crippen LogP contribution in [0.5, 0.6) is 5.75 Å². The summed E-state index contributed by atoms with van der Waals surface area (Å²) in [5.41, 5.74) is 4.27. The SMILES string of the molecule is COc1cc2c(cc1C(C)C)C=CC1C2CCC[C@H]1C. The molecular formula is C19H26O. The van der Waals surface area contributed by atoms with Crippen molar-refractivity contribution in [3.8, 4) is 5.75 Å². The summed E-state index contributed by atoms with van der Waals surface area (Å²) in [6.45, 7) is 6.89. The van der Waals surface area contributed by atoms with Gasteiger partial charge in [-0.25, -0.2) is 0 Å². The van der Waals surface area contributed by atoms with Gasteiger partial charge in [0.2, 0.25) is 0 Å². The predicted molar refractivity (Wildman–Crippen MR) is 85.4 cm³/mol. The van der Waals surface area contributed by atoms with Crippen LogP contribution in [0.25, 0.3) is 6.08 Å². The number of allylic oxidation sites excluding steroid dienone is 1. The van der Waals surface area contributed by atoms with Crippen molar-refractivity contribution in [1.82, 2.24) is 0 Å². The molecule has 0 amide bonds. The zero-order valence-electron chi connectivity index (χ0n) is 13.1. The third-order valence-electron chi connectivity index (χ3n) is 5.25. The molecular weight excluding hydrogens is 244 g/mol. The fourth-order valence-corrected chi connectivity index (χ4v) is 4.07. The van der Waals surface area contributed by atoms with E-state index in [1.807, 2.05) is 0 Å². The first-order valence-electron chi connectivity index (χ1n) is 8.01. The van der Waals surface area contributed by atoms with Gasteiger partial charge in [-0.05, 0) is 58.9 Å².